The van der Waals surface area contributed by atoms with Crippen molar-refractivity contribution < 1.29 is 4.74 Å². The van der Waals surface area contributed by atoms with E-state index in [9.17, 15) is 0 Å². The Balaban J connectivity index is 1.46. The van der Waals surface area contributed by atoms with E-state index in [4.69, 9.17) is 9.73 Å². The number of aryl methyl sites for hydroxylation is 3. The molecule has 10 heteroatoms. The van der Waals surface area contributed by atoms with Gasteiger partial charge in [-0.1, -0.05) is 12.1 Å². The number of ether oxygens (including phenoxy) is 1. The molecular formula is C21H29N9O. The number of hydrogen-bond acceptors (Lipinski definition) is 6. The van der Waals surface area contributed by atoms with E-state index in [1.165, 1.54) is 0 Å². The highest BCUT2D eigenvalue weighted by Crippen LogP contribution is 2.14. The maximum absolute atomic E-state index is 5.24. The van der Waals surface area contributed by atoms with Crippen LogP contribution < -0.4 is 15.4 Å². The van der Waals surface area contributed by atoms with E-state index in [2.05, 4.69) is 30.9 Å². The van der Waals surface area contributed by atoms with Crippen LogP contribution in [0.15, 0.2) is 29.3 Å². The van der Waals surface area contributed by atoms with Crippen LogP contribution in [0.4, 0.5) is 0 Å². The fraction of sp³-hybridized carbons (Fsp3) is 0.476. The molecule has 164 valence electrons. The number of rotatable bonds is 6. The Labute approximate surface area is 181 Å². The second-order valence-electron chi connectivity index (χ2n) is 7.73. The van der Waals surface area contributed by atoms with Crippen LogP contribution in [0.5, 0.6) is 5.75 Å². The average molecular weight is 424 g/mol. The van der Waals surface area contributed by atoms with Crippen molar-refractivity contribution in [3.05, 3.63) is 53.1 Å². The van der Waals surface area contributed by atoms with Crippen LogP contribution in [0.3, 0.4) is 0 Å². The number of benzene rings is 1. The molecular weight excluding hydrogens is 394 g/mol. The largest absolute Gasteiger partial charge is 0.497 e. The van der Waals surface area contributed by atoms with Gasteiger partial charge < -0.3 is 19.9 Å². The van der Waals surface area contributed by atoms with Crippen molar-refractivity contribution in [1.82, 2.24) is 40.2 Å². The zero-order chi connectivity index (χ0) is 21.8. The van der Waals surface area contributed by atoms with E-state index in [1.54, 1.807) is 7.11 Å². The molecule has 4 rings (SSSR count). The summed E-state index contributed by atoms with van der Waals surface area (Å²) in [5, 5.41) is 19.8. The Morgan fingerprint density at radius 1 is 1.23 bits per heavy atom. The first-order chi connectivity index (χ1) is 15.0. The molecule has 1 aliphatic heterocycles. The Morgan fingerprint density at radius 3 is 2.74 bits per heavy atom. The number of aromatic nitrogens is 6. The van der Waals surface area contributed by atoms with Gasteiger partial charge in [0, 0.05) is 19.5 Å². The van der Waals surface area contributed by atoms with Gasteiger partial charge in [-0.25, -0.2) is 14.7 Å². The molecule has 0 bridgehead atoms. The van der Waals surface area contributed by atoms with Gasteiger partial charge in [0.15, 0.2) is 11.8 Å². The Hall–Kier alpha value is -3.43. The summed E-state index contributed by atoms with van der Waals surface area (Å²) < 4.78 is 9.20. The second kappa shape index (κ2) is 9.15. The highest BCUT2D eigenvalue weighted by Gasteiger charge is 2.22. The van der Waals surface area contributed by atoms with Crippen molar-refractivity contribution in [2.45, 2.75) is 52.4 Å². The molecule has 0 radical (unpaired) electrons. The lowest BCUT2D eigenvalue weighted by atomic mass is 10.1. The normalized spacial score (nSPS) is 16.1. The first kappa shape index (κ1) is 20.8. The topological polar surface area (TPSA) is 107 Å². The summed E-state index contributed by atoms with van der Waals surface area (Å²) in [6.07, 6.45) is 1.87. The summed E-state index contributed by atoms with van der Waals surface area (Å²) >= 11 is 0. The molecule has 0 spiro atoms. The highest BCUT2D eigenvalue weighted by molar-refractivity contribution is 5.80. The minimum atomic E-state index is 0.219. The SMILES string of the molecule is COc1ccc(CN=C(NCc2nnc(C)n2C)NC2CCc3nc(C)nn3C2)cc1. The lowest BCUT2D eigenvalue weighted by Crippen LogP contribution is -2.47. The number of nitrogens with zero attached hydrogens (tertiary/aromatic N) is 7. The molecule has 31 heavy (non-hydrogen) atoms. The van der Waals surface area contributed by atoms with Crippen LogP contribution in [-0.2, 0) is 33.1 Å². The van der Waals surface area contributed by atoms with Crippen LogP contribution in [0, 0.1) is 13.8 Å². The third-order valence-corrected chi connectivity index (χ3v) is 5.48. The van der Waals surface area contributed by atoms with E-state index >= 15 is 0 Å². The molecule has 0 amide bonds. The van der Waals surface area contributed by atoms with Gasteiger partial charge in [0.2, 0.25) is 0 Å². The van der Waals surface area contributed by atoms with Crippen molar-refractivity contribution >= 4 is 5.96 Å². The fourth-order valence-corrected chi connectivity index (χ4v) is 3.57. The zero-order valence-corrected chi connectivity index (χ0v) is 18.5. The van der Waals surface area contributed by atoms with Crippen LogP contribution >= 0.6 is 0 Å². The van der Waals surface area contributed by atoms with Gasteiger partial charge in [0.05, 0.1) is 26.7 Å². The Bertz CT molecular complexity index is 1050. The van der Waals surface area contributed by atoms with Crippen molar-refractivity contribution in [3.8, 4) is 5.75 Å². The lowest BCUT2D eigenvalue weighted by Gasteiger charge is -2.25. The van der Waals surface area contributed by atoms with Gasteiger partial charge in [0.1, 0.15) is 23.2 Å². The number of guanidine groups is 1. The third kappa shape index (κ3) is 5.01. The summed E-state index contributed by atoms with van der Waals surface area (Å²) in [7, 11) is 3.63. The predicted molar refractivity (Wildman–Crippen MR) is 117 cm³/mol. The summed E-state index contributed by atoms with van der Waals surface area (Å²) in [4.78, 5) is 9.30. The van der Waals surface area contributed by atoms with E-state index < -0.39 is 0 Å². The summed E-state index contributed by atoms with van der Waals surface area (Å²) in [6.45, 7) is 5.72. The monoisotopic (exact) mass is 423 g/mol. The number of hydrogen-bond donors (Lipinski definition) is 2. The maximum atomic E-state index is 5.24. The molecule has 0 aliphatic carbocycles. The molecule has 10 nitrogen and oxygen atoms in total. The van der Waals surface area contributed by atoms with Gasteiger partial charge in [-0.05, 0) is 38.0 Å². The van der Waals surface area contributed by atoms with E-state index in [0.29, 0.717) is 13.1 Å². The van der Waals surface area contributed by atoms with Gasteiger partial charge in [0.25, 0.3) is 0 Å². The molecule has 1 aromatic carbocycles. The second-order valence-corrected chi connectivity index (χ2v) is 7.73. The van der Waals surface area contributed by atoms with Gasteiger partial charge in [-0.3, -0.25) is 0 Å². The van der Waals surface area contributed by atoms with Crippen LogP contribution in [0.2, 0.25) is 0 Å². The Morgan fingerprint density at radius 2 is 2.03 bits per heavy atom. The van der Waals surface area contributed by atoms with Crippen LogP contribution in [0.25, 0.3) is 0 Å². The van der Waals surface area contributed by atoms with E-state index in [1.807, 2.05) is 54.4 Å². The van der Waals surface area contributed by atoms with Crippen molar-refractivity contribution in [2.24, 2.45) is 12.0 Å². The number of nitrogens with one attached hydrogen (secondary N) is 2. The number of fused-ring (bicyclic) bond motifs is 1. The average Bonchev–Trinajstić information content (AvgIpc) is 3.31. The molecule has 1 aliphatic rings. The molecule has 1 atom stereocenters. The standard InChI is InChI=1S/C21H29N9O/c1-14-24-19-10-7-17(13-30(19)28-14)25-21(23-12-20-27-26-15(2)29(20)3)22-11-16-5-8-18(31-4)9-6-16/h5-6,8-9,17H,7,10-13H2,1-4H3,(H2,22,23,25). The van der Waals surface area contributed by atoms with Crippen molar-refractivity contribution in [3.63, 3.8) is 0 Å². The molecule has 1 unspecified atom stereocenters. The van der Waals surface area contributed by atoms with Crippen LogP contribution in [-0.4, -0.2) is 48.6 Å². The fourth-order valence-electron chi connectivity index (χ4n) is 3.57. The zero-order valence-electron chi connectivity index (χ0n) is 18.5. The minimum Gasteiger partial charge on any atom is -0.497 e. The molecule has 0 fully saturated rings. The summed E-state index contributed by atoms with van der Waals surface area (Å²) in [5.74, 6) is 5.18. The lowest BCUT2D eigenvalue weighted by molar-refractivity contribution is 0.392. The molecule has 0 saturated heterocycles. The summed E-state index contributed by atoms with van der Waals surface area (Å²) in [5.41, 5.74) is 1.11. The van der Waals surface area contributed by atoms with E-state index in [-0.39, 0.29) is 6.04 Å². The first-order valence-electron chi connectivity index (χ1n) is 10.4. The molecule has 0 saturated carbocycles. The van der Waals surface area contributed by atoms with E-state index in [0.717, 1.165) is 60.0 Å². The molecule has 3 aromatic rings. The number of methoxy groups -OCH3 is 1. The van der Waals surface area contributed by atoms with Crippen molar-refractivity contribution in [2.75, 3.05) is 7.11 Å². The summed E-state index contributed by atoms with van der Waals surface area (Å²) in [6, 6.07) is 8.16. The number of aliphatic imine (C=N–C) groups is 1. The van der Waals surface area contributed by atoms with Crippen molar-refractivity contribution in [1.29, 1.82) is 0 Å². The molecule has 2 N–H and O–H groups in total. The molecule has 2 aromatic heterocycles. The first-order valence-corrected chi connectivity index (χ1v) is 10.4. The molecule has 3 heterocycles. The Kier molecular flexibility index (Phi) is 6.15. The van der Waals surface area contributed by atoms with Crippen LogP contribution in [0.1, 0.15) is 35.3 Å². The maximum Gasteiger partial charge on any atom is 0.192 e. The smallest absolute Gasteiger partial charge is 0.192 e. The third-order valence-electron chi connectivity index (χ3n) is 5.48. The van der Waals surface area contributed by atoms with Gasteiger partial charge >= 0.3 is 0 Å². The predicted octanol–water partition coefficient (Wildman–Crippen LogP) is 1.28. The van der Waals surface area contributed by atoms with Gasteiger partial charge in [-0.2, -0.15) is 5.10 Å². The highest BCUT2D eigenvalue weighted by atomic mass is 16.5. The quantitative estimate of drug-likeness (QED) is 0.454. The minimum absolute atomic E-state index is 0.219. The van der Waals surface area contributed by atoms with Gasteiger partial charge in [-0.15, -0.1) is 10.2 Å².